The van der Waals surface area contributed by atoms with Gasteiger partial charge in [0.15, 0.2) is 0 Å². The molecule has 0 heterocycles. The summed E-state index contributed by atoms with van der Waals surface area (Å²) in [5.74, 6) is 0.755. The molecule has 1 aromatic rings. The second-order valence-corrected chi connectivity index (χ2v) is 2.97. The molecular formula is C10H14N2O2. The van der Waals surface area contributed by atoms with Gasteiger partial charge in [0, 0.05) is 5.56 Å². The number of nitrogen functional groups attached to an aromatic ring is 1. The maximum absolute atomic E-state index is 8.58. The normalized spacial score (nSPS) is 9.86. The number of aryl methyl sites for hydroxylation is 1. The number of hydrogen-bond donors (Lipinski definition) is 3. The van der Waals surface area contributed by atoms with Crippen molar-refractivity contribution in [1.82, 2.24) is 0 Å². The lowest BCUT2D eigenvalue weighted by Gasteiger charge is -2.08. The minimum atomic E-state index is -0.00605. The number of aliphatic hydroxyl groups excluding tert-OH is 1. The van der Waals surface area contributed by atoms with Gasteiger partial charge in [0.25, 0.3) is 0 Å². The van der Waals surface area contributed by atoms with E-state index in [2.05, 4.69) is 0 Å². The second kappa shape index (κ2) is 4.62. The van der Waals surface area contributed by atoms with Crippen LogP contribution in [0.4, 0.5) is 0 Å². The van der Waals surface area contributed by atoms with Crippen molar-refractivity contribution in [2.45, 2.75) is 6.92 Å². The molecule has 4 nitrogen and oxygen atoms in total. The van der Waals surface area contributed by atoms with Gasteiger partial charge < -0.3 is 15.6 Å². The van der Waals surface area contributed by atoms with Crippen LogP contribution in [-0.4, -0.2) is 24.2 Å². The molecular weight excluding hydrogens is 180 g/mol. The molecule has 76 valence electrons. The summed E-state index contributed by atoms with van der Waals surface area (Å²) in [5.41, 5.74) is 6.92. The predicted octanol–water partition coefficient (Wildman–Crippen LogP) is 0.650. The summed E-state index contributed by atoms with van der Waals surface area (Å²) in [7, 11) is 0. The van der Waals surface area contributed by atoms with Crippen LogP contribution >= 0.6 is 0 Å². The first-order valence-electron chi connectivity index (χ1n) is 4.34. The number of hydrogen-bond acceptors (Lipinski definition) is 3. The molecule has 0 aromatic heterocycles. The van der Waals surface area contributed by atoms with Gasteiger partial charge in [-0.05, 0) is 30.7 Å². The standard InChI is InChI=1S/C10H14N2O2/c1-7-6-8(10(11)12)2-3-9(7)14-5-4-13/h2-3,6,13H,4-5H2,1H3,(H3,11,12). The quantitative estimate of drug-likeness (QED) is 0.486. The smallest absolute Gasteiger partial charge is 0.122 e. The number of rotatable bonds is 4. The topological polar surface area (TPSA) is 79.3 Å². The van der Waals surface area contributed by atoms with Crippen molar-refractivity contribution in [2.24, 2.45) is 5.73 Å². The van der Waals surface area contributed by atoms with E-state index < -0.39 is 0 Å². The molecule has 0 saturated heterocycles. The predicted molar refractivity (Wildman–Crippen MR) is 54.8 cm³/mol. The van der Waals surface area contributed by atoms with Crippen molar-refractivity contribution >= 4 is 5.84 Å². The maximum Gasteiger partial charge on any atom is 0.122 e. The van der Waals surface area contributed by atoms with Gasteiger partial charge in [0.1, 0.15) is 18.2 Å². The van der Waals surface area contributed by atoms with E-state index in [1.807, 2.05) is 6.92 Å². The second-order valence-electron chi connectivity index (χ2n) is 2.97. The first-order valence-corrected chi connectivity index (χ1v) is 4.34. The van der Waals surface area contributed by atoms with E-state index in [0.717, 1.165) is 5.56 Å². The van der Waals surface area contributed by atoms with Gasteiger partial charge >= 0.3 is 0 Å². The molecule has 0 radical (unpaired) electrons. The number of nitrogens with one attached hydrogen (secondary N) is 1. The van der Waals surface area contributed by atoms with Crippen LogP contribution < -0.4 is 10.5 Å². The molecule has 0 saturated carbocycles. The molecule has 14 heavy (non-hydrogen) atoms. The van der Waals surface area contributed by atoms with Crippen molar-refractivity contribution in [1.29, 1.82) is 5.41 Å². The summed E-state index contributed by atoms with van der Waals surface area (Å²) in [6, 6.07) is 5.26. The van der Waals surface area contributed by atoms with Crippen molar-refractivity contribution in [3.63, 3.8) is 0 Å². The van der Waals surface area contributed by atoms with Crippen LogP contribution in [0.5, 0.6) is 5.75 Å². The summed E-state index contributed by atoms with van der Waals surface area (Å²) < 4.78 is 5.26. The van der Waals surface area contributed by atoms with Crippen LogP contribution in [0, 0.1) is 12.3 Å². The highest BCUT2D eigenvalue weighted by molar-refractivity contribution is 5.95. The minimum Gasteiger partial charge on any atom is -0.491 e. The molecule has 0 aliphatic heterocycles. The van der Waals surface area contributed by atoms with E-state index in [-0.39, 0.29) is 19.0 Å². The minimum absolute atomic E-state index is 0.00605. The van der Waals surface area contributed by atoms with Crippen molar-refractivity contribution in [3.8, 4) is 5.75 Å². The Balaban J connectivity index is 2.84. The van der Waals surface area contributed by atoms with E-state index in [1.165, 1.54) is 0 Å². The van der Waals surface area contributed by atoms with Crippen LogP contribution in [0.25, 0.3) is 0 Å². The molecule has 1 rings (SSSR count). The van der Waals surface area contributed by atoms with Gasteiger partial charge in [-0.15, -0.1) is 0 Å². The molecule has 0 bridgehead atoms. The summed E-state index contributed by atoms with van der Waals surface area (Å²) in [6.45, 7) is 2.15. The molecule has 1 aromatic carbocycles. The zero-order chi connectivity index (χ0) is 10.6. The summed E-state index contributed by atoms with van der Waals surface area (Å²) >= 11 is 0. The van der Waals surface area contributed by atoms with E-state index in [0.29, 0.717) is 11.3 Å². The first kappa shape index (κ1) is 10.5. The fourth-order valence-corrected chi connectivity index (χ4v) is 1.13. The van der Waals surface area contributed by atoms with Crippen LogP contribution in [0.1, 0.15) is 11.1 Å². The molecule has 4 N–H and O–H groups in total. The Labute approximate surface area is 82.8 Å². The molecule has 4 heteroatoms. The van der Waals surface area contributed by atoms with Gasteiger partial charge in [-0.1, -0.05) is 0 Å². The number of nitrogens with two attached hydrogens (primary N) is 1. The van der Waals surface area contributed by atoms with Crippen LogP contribution in [0.2, 0.25) is 0 Å². The third-order valence-electron chi connectivity index (χ3n) is 1.83. The van der Waals surface area contributed by atoms with Gasteiger partial charge in [0.05, 0.1) is 6.61 Å². The lowest BCUT2D eigenvalue weighted by Crippen LogP contribution is -2.11. The molecule has 0 aliphatic rings. The lowest BCUT2D eigenvalue weighted by molar-refractivity contribution is 0.200. The third kappa shape index (κ3) is 2.47. The summed E-state index contributed by atoms with van der Waals surface area (Å²) in [6.07, 6.45) is 0. The number of benzene rings is 1. The van der Waals surface area contributed by atoms with Crippen molar-refractivity contribution in [2.75, 3.05) is 13.2 Å². The Hall–Kier alpha value is -1.55. The maximum atomic E-state index is 8.58. The van der Waals surface area contributed by atoms with Gasteiger partial charge in [-0.25, -0.2) is 0 Å². The Morgan fingerprint density at radius 1 is 1.57 bits per heavy atom. The number of amidine groups is 1. The van der Waals surface area contributed by atoms with Crippen LogP contribution in [0.3, 0.4) is 0 Å². The number of aliphatic hydroxyl groups is 1. The third-order valence-corrected chi connectivity index (χ3v) is 1.83. The number of ether oxygens (including phenoxy) is 1. The van der Waals surface area contributed by atoms with Gasteiger partial charge in [-0.2, -0.15) is 0 Å². The van der Waals surface area contributed by atoms with Gasteiger partial charge in [-0.3, -0.25) is 5.41 Å². The SMILES string of the molecule is Cc1cc(C(=N)N)ccc1OCCO. The van der Waals surface area contributed by atoms with Crippen molar-refractivity contribution in [3.05, 3.63) is 29.3 Å². The van der Waals surface area contributed by atoms with E-state index in [4.69, 9.17) is 21.0 Å². The molecule has 0 unspecified atom stereocenters. The highest BCUT2D eigenvalue weighted by Gasteiger charge is 2.02. The fraction of sp³-hybridized carbons (Fsp3) is 0.300. The van der Waals surface area contributed by atoms with Crippen LogP contribution in [-0.2, 0) is 0 Å². The summed E-state index contributed by atoms with van der Waals surface area (Å²) in [5, 5.41) is 15.8. The Morgan fingerprint density at radius 2 is 2.29 bits per heavy atom. The molecule has 0 atom stereocenters. The van der Waals surface area contributed by atoms with Gasteiger partial charge in [0.2, 0.25) is 0 Å². The average Bonchev–Trinajstić information content (AvgIpc) is 2.15. The fourth-order valence-electron chi connectivity index (χ4n) is 1.13. The molecule has 0 spiro atoms. The molecule has 0 fully saturated rings. The van der Waals surface area contributed by atoms with E-state index in [1.54, 1.807) is 18.2 Å². The summed E-state index contributed by atoms with van der Waals surface area (Å²) in [4.78, 5) is 0. The first-order chi connectivity index (χ1) is 6.65. The Morgan fingerprint density at radius 3 is 2.79 bits per heavy atom. The highest BCUT2D eigenvalue weighted by Crippen LogP contribution is 2.18. The molecule has 0 aliphatic carbocycles. The highest BCUT2D eigenvalue weighted by atomic mass is 16.5. The van der Waals surface area contributed by atoms with Crippen molar-refractivity contribution < 1.29 is 9.84 Å². The monoisotopic (exact) mass is 194 g/mol. The van der Waals surface area contributed by atoms with Crippen LogP contribution in [0.15, 0.2) is 18.2 Å². The zero-order valence-electron chi connectivity index (χ0n) is 8.08. The largest absolute Gasteiger partial charge is 0.491 e. The Bertz CT molecular complexity index is 337. The van der Waals surface area contributed by atoms with E-state index in [9.17, 15) is 0 Å². The zero-order valence-corrected chi connectivity index (χ0v) is 8.08. The molecule has 0 amide bonds. The van der Waals surface area contributed by atoms with E-state index >= 15 is 0 Å². The Kier molecular flexibility index (Phi) is 3.48. The average molecular weight is 194 g/mol. The lowest BCUT2D eigenvalue weighted by atomic mass is 10.1.